The predicted molar refractivity (Wildman–Crippen MR) is 60.6 cm³/mol. The number of amides is 1. The zero-order valence-corrected chi connectivity index (χ0v) is 9.48. The lowest BCUT2D eigenvalue weighted by molar-refractivity contribution is 0.0724. The number of aldehydes is 1. The van der Waals surface area contributed by atoms with Crippen LogP contribution in [-0.2, 0) is 7.05 Å². The molecule has 1 saturated heterocycles. The third kappa shape index (κ3) is 2.01. The smallest absolute Gasteiger partial charge is 0.255 e. The van der Waals surface area contributed by atoms with E-state index in [4.69, 9.17) is 0 Å². The van der Waals surface area contributed by atoms with E-state index >= 15 is 0 Å². The van der Waals surface area contributed by atoms with Gasteiger partial charge in [0.1, 0.15) is 0 Å². The largest absolute Gasteiger partial charge is 0.348 e. The van der Waals surface area contributed by atoms with Gasteiger partial charge >= 0.3 is 0 Å². The summed E-state index contributed by atoms with van der Waals surface area (Å²) in [7, 11) is 1.77. The van der Waals surface area contributed by atoms with Gasteiger partial charge in [-0.05, 0) is 25.3 Å². The van der Waals surface area contributed by atoms with E-state index in [0.717, 1.165) is 32.2 Å². The molecule has 1 fully saturated rings. The number of aryl methyl sites for hydroxylation is 1. The van der Waals surface area contributed by atoms with Gasteiger partial charge in [-0.25, -0.2) is 0 Å². The van der Waals surface area contributed by atoms with Crippen molar-refractivity contribution in [2.75, 3.05) is 13.1 Å². The Morgan fingerprint density at radius 1 is 1.31 bits per heavy atom. The molecule has 0 radical (unpaired) electrons. The van der Waals surface area contributed by atoms with Crippen LogP contribution in [0, 0.1) is 0 Å². The Kier molecular flexibility index (Phi) is 3.08. The summed E-state index contributed by atoms with van der Waals surface area (Å²) >= 11 is 0. The van der Waals surface area contributed by atoms with Crippen molar-refractivity contribution in [3.05, 3.63) is 23.5 Å². The molecule has 86 valence electrons. The van der Waals surface area contributed by atoms with E-state index in [1.54, 1.807) is 23.9 Å². The summed E-state index contributed by atoms with van der Waals surface area (Å²) < 4.78 is 1.68. The molecule has 2 heterocycles. The Morgan fingerprint density at radius 2 is 2.00 bits per heavy atom. The zero-order valence-electron chi connectivity index (χ0n) is 9.48. The molecule has 4 heteroatoms. The molecule has 1 aromatic rings. The highest BCUT2D eigenvalue weighted by Gasteiger charge is 2.19. The molecule has 1 aliphatic rings. The normalized spacial score (nSPS) is 16.2. The number of hydrogen-bond donors (Lipinski definition) is 0. The lowest BCUT2D eigenvalue weighted by Gasteiger charge is -2.26. The van der Waals surface area contributed by atoms with Gasteiger partial charge in [-0.3, -0.25) is 9.59 Å². The van der Waals surface area contributed by atoms with Crippen molar-refractivity contribution in [2.45, 2.75) is 19.3 Å². The summed E-state index contributed by atoms with van der Waals surface area (Å²) in [6.45, 7) is 1.67. The van der Waals surface area contributed by atoms with Crippen molar-refractivity contribution in [2.24, 2.45) is 7.05 Å². The molecule has 2 rings (SSSR count). The molecule has 1 amide bonds. The number of aromatic nitrogens is 1. The Hall–Kier alpha value is -1.58. The molecule has 0 saturated carbocycles. The molecule has 0 aliphatic carbocycles. The summed E-state index contributed by atoms with van der Waals surface area (Å²) in [5.74, 6) is 0.0448. The second-order valence-corrected chi connectivity index (χ2v) is 4.24. The number of carbonyl (C=O) groups excluding carboxylic acids is 2. The fourth-order valence-corrected chi connectivity index (χ4v) is 2.10. The number of nitrogens with zero attached hydrogens (tertiary/aromatic N) is 2. The van der Waals surface area contributed by atoms with Crippen molar-refractivity contribution in [3.63, 3.8) is 0 Å². The quantitative estimate of drug-likeness (QED) is 0.708. The van der Waals surface area contributed by atoms with Gasteiger partial charge in [-0.1, -0.05) is 0 Å². The lowest BCUT2D eigenvalue weighted by Crippen LogP contribution is -2.35. The first-order chi connectivity index (χ1) is 7.72. The Morgan fingerprint density at radius 3 is 2.56 bits per heavy atom. The second kappa shape index (κ2) is 4.51. The minimum atomic E-state index is 0.0448. The second-order valence-electron chi connectivity index (χ2n) is 4.24. The standard InChI is InChI=1S/C12H16N2O2/c1-13-8-10(7-11(13)9-15)12(16)14-5-3-2-4-6-14/h7-9H,2-6H2,1H3. The van der Waals surface area contributed by atoms with E-state index in [2.05, 4.69) is 0 Å². The molecule has 0 unspecified atom stereocenters. The van der Waals surface area contributed by atoms with E-state index < -0.39 is 0 Å². The Balaban J connectivity index is 2.16. The van der Waals surface area contributed by atoms with Crippen molar-refractivity contribution >= 4 is 12.2 Å². The average molecular weight is 220 g/mol. The van der Waals surface area contributed by atoms with Crippen molar-refractivity contribution in [1.29, 1.82) is 0 Å². The highest BCUT2D eigenvalue weighted by atomic mass is 16.2. The zero-order chi connectivity index (χ0) is 11.5. The number of hydrogen-bond acceptors (Lipinski definition) is 2. The van der Waals surface area contributed by atoms with Gasteiger partial charge < -0.3 is 9.47 Å². The number of likely N-dealkylation sites (tertiary alicyclic amines) is 1. The van der Waals surface area contributed by atoms with Gasteiger partial charge in [-0.15, -0.1) is 0 Å². The van der Waals surface area contributed by atoms with Gasteiger partial charge in [0.2, 0.25) is 0 Å². The maximum absolute atomic E-state index is 12.1. The average Bonchev–Trinajstić information content (AvgIpc) is 2.71. The maximum atomic E-state index is 12.1. The molecule has 0 aromatic carbocycles. The first-order valence-corrected chi connectivity index (χ1v) is 5.63. The lowest BCUT2D eigenvalue weighted by atomic mass is 10.1. The van der Waals surface area contributed by atoms with E-state index in [-0.39, 0.29) is 5.91 Å². The minimum Gasteiger partial charge on any atom is -0.348 e. The summed E-state index contributed by atoms with van der Waals surface area (Å²) in [6.07, 6.45) is 5.87. The van der Waals surface area contributed by atoms with Crippen LogP contribution in [0.15, 0.2) is 12.3 Å². The number of rotatable bonds is 2. The molecule has 16 heavy (non-hydrogen) atoms. The number of carbonyl (C=O) groups is 2. The minimum absolute atomic E-state index is 0.0448. The molecular weight excluding hydrogens is 204 g/mol. The van der Waals surface area contributed by atoms with Crippen molar-refractivity contribution in [1.82, 2.24) is 9.47 Å². The fraction of sp³-hybridized carbons (Fsp3) is 0.500. The van der Waals surface area contributed by atoms with Crippen LogP contribution >= 0.6 is 0 Å². The predicted octanol–water partition coefficient (Wildman–Crippen LogP) is 1.46. The van der Waals surface area contributed by atoms with Gasteiger partial charge in [0.05, 0.1) is 11.3 Å². The summed E-state index contributed by atoms with van der Waals surface area (Å²) in [6, 6.07) is 1.66. The van der Waals surface area contributed by atoms with Crippen LogP contribution < -0.4 is 0 Å². The third-order valence-electron chi connectivity index (χ3n) is 3.05. The van der Waals surface area contributed by atoms with Crippen LogP contribution in [-0.4, -0.2) is 34.7 Å². The molecule has 0 N–H and O–H groups in total. The topological polar surface area (TPSA) is 42.3 Å². The molecule has 0 bridgehead atoms. The highest BCUT2D eigenvalue weighted by Crippen LogP contribution is 2.14. The Labute approximate surface area is 94.8 Å². The summed E-state index contributed by atoms with van der Waals surface area (Å²) in [5, 5.41) is 0. The molecule has 1 aromatic heterocycles. The van der Waals surface area contributed by atoms with Crippen LogP contribution in [0.25, 0.3) is 0 Å². The van der Waals surface area contributed by atoms with E-state index in [1.807, 2.05) is 4.90 Å². The van der Waals surface area contributed by atoms with E-state index in [9.17, 15) is 9.59 Å². The van der Waals surface area contributed by atoms with E-state index in [1.165, 1.54) is 6.42 Å². The maximum Gasteiger partial charge on any atom is 0.255 e. The first-order valence-electron chi connectivity index (χ1n) is 5.63. The van der Waals surface area contributed by atoms with E-state index in [0.29, 0.717) is 11.3 Å². The first kappa shape index (κ1) is 10.9. The third-order valence-corrected chi connectivity index (χ3v) is 3.05. The van der Waals surface area contributed by atoms with Crippen LogP contribution in [0.1, 0.15) is 40.1 Å². The van der Waals surface area contributed by atoms with Crippen LogP contribution in [0.4, 0.5) is 0 Å². The molecule has 0 spiro atoms. The van der Waals surface area contributed by atoms with Crippen molar-refractivity contribution in [3.8, 4) is 0 Å². The van der Waals surface area contributed by atoms with Crippen LogP contribution in [0.5, 0.6) is 0 Å². The molecule has 4 nitrogen and oxygen atoms in total. The molecular formula is C12H16N2O2. The van der Waals surface area contributed by atoms with Crippen LogP contribution in [0.2, 0.25) is 0 Å². The van der Waals surface area contributed by atoms with Crippen molar-refractivity contribution < 1.29 is 9.59 Å². The van der Waals surface area contributed by atoms with Gasteiger partial charge in [0, 0.05) is 26.3 Å². The monoisotopic (exact) mass is 220 g/mol. The fourth-order valence-electron chi connectivity index (χ4n) is 2.10. The summed E-state index contributed by atoms with van der Waals surface area (Å²) in [4.78, 5) is 24.6. The molecule has 0 atom stereocenters. The van der Waals surface area contributed by atoms with Gasteiger partial charge in [0.25, 0.3) is 5.91 Å². The number of piperidine rings is 1. The van der Waals surface area contributed by atoms with Gasteiger partial charge in [0.15, 0.2) is 6.29 Å². The summed E-state index contributed by atoms with van der Waals surface area (Å²) in [5.41, 5.74) is 1.16. The molecule has 1 aliphatic heterocycles. The highest BCUT2D eigenvalue weighted by molar-refractivity contribution is 5.95. The SMILES string of the molecule is Cn1cc(C(=O)N2CCCCC2)cc1C=O. The van der Waals surface area contributed by atoms with Gasteiger partial charge in [-0.2, -0.15) is 0 Å². The Bertz CT molecular complexity index is 403. The van der Waals surface area contributed by atoms with Crippen LogP contribution in [0.3, 0.4) is 0 Å².